The maximum absolute atomic E-state index is 12.5. The molecule has 2 aromatic heterocycles. The van der Waals surface area contributed by atoms with Gasteiger partial charge in [0, 0.05) is 32.9 Å². The lowest BCUT2D eigenvalue weighted by molar-refractivity contribution is 0.0935. The summed E-state index contributed by atoms with van der Waals surface area (Å²) in [6.07, 6.45) is 4.81. The van der Waals surface area contributed by atoms with E-state index in [-0.39, 0.29) is 5.56 Å². The van der Waals surface area contributed by atoms with Gasteiger partial charge in [-0.1, -0.05) is 11.3 Å². The van der Waals surface area contributed by atoms with Crippen LogP contribution in [0.15, 0.2) is 11.0 Å². The Bertz CT molecular complexity index is 750. The Hall–Kier alpha value is -2.00. The van der Waals surface area contributed by atoms with E-state index in [4.69, 9.17) is 4.74 Å². The van der Waals surface area contributed by atoms with E-state index in [0.717, 1.165) is 31.1 Å². The van der Waals surface area contributed by atoms with Gasteiger partial charge in [-0.2, -0.15) is 4.52 Å². The summed E-state index contributed by atoms with van der Waals surface area (Å²) >= 11 is 1.37. The molecule has 0 atom stereocenters. The molecule has 3 rings (SSSR count). The van der Waals surface area contributed by atoms with Gasteiger partial charge in [-0.3, -0.25) is 9.59 Å². The third-order valence-electron chi connectivity index (χ3n) is 3.74. The van der Waals surface area contributed by atoms with Crippen LogP contribution in [0, 0.1) is 0 Å². The van der Waals surface area contributed by atoms with Gasteiger partial charge in [0.15, 0.2) is 0 Å². The maximum Gasteiger partial charge on any atom is 0.288 e. The monoisotopic (exact) mass is 337 g/mol. The minimum atomic E-state index is -0.457. The molecule has 0 bridgehead atoms. The first-order valence-corrected chi connectivity index (χ1v) is 8.43. The van der Waals surface area contributed by atoms with Crippen molar-refractivity contribution in [1.29, 1.82) is 0 Å². The van der Waals surface area contributed by atoms with Gasteiger partial charge < -0.3 is 15.0 Å². The number of carbonyl (C=O) groups excluding carboxylic acids is 1. The van der Waals surface area contributed by atoms with E-state index in [1.807, 2.05) is 0 Å². The van der Waals surface area contributed by atoms with Gasteiger partial charge in [0.25, 0.3) is 11.5 Å². The number of methoxy groups -OCH3 is 1. The van der Waals surface area contributed by atoms with E-state index in [1.165, 1.54) is 28.5 Å². The Morgan fingerprint density at radius 2 is 2.17 bits per heavy atom. The van der Waals surface area contributed by atoms with Crippen molar-refractivity contribution >= 4 is 27.3 Å². The zero-order chi connectivity index (χ0) is 16.2. The number of rotatable bonds is 5. The zero-order valence-electron chi connectivity index (χ0n) is 12.9. The fraction of sp³-hybridized carbons (Fsp3) is 0.571. The number of hydrogen-bond donors (Lipinski definition) is 1. The van der Waals surface area contributed by atoms with E-state index in [1.54, 1.807) is 7.11 Å². The predicted molar refractivity (Wildman–Crippen MR) is 87.4 cm³/mol. The quantitative estimate of drug-likeness (QED) is 0.800. The summed E-state index contributed by atoms with van der Waals surface area (Å²) < 4.78 is 6.09. The highest BCUT2D eigenvalue weighted by Gasteiger charge is 2.19. The third kappa shape index (κ3) is 3.35. The fourth-order valence-electron chi connectivity index (χ4n) is 2.51. The number of ether oxygens (including phenoxy) is 1. The molecule has 1 aliphatic rings. The molecule has 0 saturated carbocycles. The molecular weight excluding hydrogens is 318 g/mol. The molecule has 1 amide bonds. The lowest BCUT2D eigenvalue weighted by Crippen LogP contribution is -2.33. The number of fused-ring (bicyclic) bond motifs is 1. The summed E-state index contributed by atoms with van der Waals surface area (Å²) in [6, 6.07) is 0. The van der Waals surface area contributed by atoms with Crippen molar-refractivity contribution in [2.24, 2.45) is 0 Å². The highest BCUT2D eigenvalue weighted by Crippen LogP contribution is 2.24. The minimum Gasteiger partial charge on any atom is -0.383 e. The van der Waals surface area contributed by atoms with Crippen molar-refractivity contribution in [3.63, 3.8) is 0 Å². The fourth-order valence-corrected chi connectivity index (χ4v) is 3.42. The SMILES string of the molecule is COCCNC(=O)c1cnc2sc(N3CCCCC3)nn2c1=O. The van der Waals surface area contributed by atoms with Gasteiger partial charge in [-0.25, -0.2) is 4.98 Å². The van der Waals surface area contributed by atoms with Crippen LogP contribution in [0.4, 0.5) is 5.13 Å². The third-order valence-corrected chi connectivity index (χ3v) is 4.72. The van der Waals surface area contributed by atoms with Gasteiger partial charge in [-0.05, 0) is 19.3 Å². The Kier molecular flexibility index (Phi) is 4.87. The molecule has 124 valence electrons. The zero-order valence-corrected chi connectivity index (χ0v) is 13.8. The van der Waals surface area contributed by atoms with Crippen LogP contribution in [0.3, 0.4) is 0 Å². The van der Waals surface area contributed by atoms with Gasteiger partial charge in [0.1, 0.15) is 5.56 Å². The van der Waals surface area contributed by atoms with Gasteiger partial charge >= 0.3 is 0 Å². The first kappa shape index (κ1) is 15.9. The average Bonchev–Trinajstić information content (AvgIpc) is 3.01. The van der Waals surface area contributed by atoms with Crippen LogP contribution in [0.2, 0.25) is 0 Å². The number of anilines is 1. The van der Waals surface area contributed by atoms with E-state index in [2.05, 4.69) is 20.3 Å². The summed E-state index contributed by atoms with van der Waals surface area (Å²) in [5, 5.41) is 7.76. The Morgan fingerprint density at radius 3 is 2.91 bits per heavy atom. The van der Waals surface area contributed by atoms with E-state index in [9.17, 15) is 9.59 Å². The molecular formula is C14H19N5O3S. The molecule has 0 spiro atoms. The van der Waals surface area contributed by atoms with Crippen molar-refractivity contribution < 1.29 is 9.53 Å². The van der Waals surface area contributed by atoms with Crippen molar-refractivity contribution in [2.75, 3.05) is 38.3 Å². The standard InChI is InChI=1S/C14H19N5O3S/c1-22-8-5-15-11(20)10-9-16-13-19(12(10)21)17-14(23-13)18-6-3-2-4-7-18/h9H,2-8H2,1H3,(H,15,20). The van der Waals surface area contributed by atoms with Gasteiger partial charge in [0.2, 0.25) is 10.1 Å². The van der Waals surface area contributed by atoms with Gasteiger partial charge in [-0.15, -0.1) is 5.10 Å². The van der Waals surface area contributed by atoms with Crippen LogP contribution in [-0.2, 0) is 4.74 Å². The van der Waals surface area contributed by atoms with Crippen LogP contribution in [-0.4, -0.2) is 53.9 Å². The first-order valence-electron chi connectivity index (χ1n) is 7.61. The number of carbonyl (C=O) groups is 1. The number of aromatic nitrogens is 3. The summed E-state index contributed by atoms with van der Waals surface area (Å²) in [4.78, 5) is 31.4. The second-order valence-corrected chi connectivity index (χ2v) is 6.29. The highest BCUT2D eigenvalue weighted by molar-refractivity contribution is 7.20. The number of nitrogens with zero attached hydrogens (tertiary/aromatic N) is 4. The molecule has 1 fully saturated rings. The van der Waals surface area contributed by atoms with Crippen LogP contribution >= 0.6 is 11.3 Å². The molecule has 2 aromatic rings. The second-order valence-electron chi connectivity index (χ2n) is 5.35. The largest absolute Gasteiger partial charge is 0.383 e. The molecule has 0 aliphatic carbocycles. The number of nitrogens with one attached hydrogen (secondary N) is 1. The lowest BCUT2D eigenvalue weighted by atomic mass is 10.1. The second kappa shape index (κ2) is 7.05. The molecule has 0 aromatic carbocycles. The topological polar surface area (TPSA) is 88.8 Å². The summed E-state index contributed by atoms with van der Waals surface area (Å²) in [7, 11) is 1.55. The molecule has 1 saturated heterocycles. The lowest BCUT2D eigenvalue weighted by Gasteiger charge is -2.25. The van der Waals surface area contributed by atoms with E-state index >= 15 is 0 Å². The average molecular weight is 337 g/mol. The minimum absolute atomic E-state index is 0.00547. The molecule has 0 radical (unpaired) electrons. The summed E-state index contributed by atoms with van der Waals surface area (Å²) in [5.41, 5.74) is -0.446. The van der Waals surface area contributed by atoms with Gasteiger partial charge in [0.05, 0.1) is 6.61 Å². The molecule has 8 nitrogen and oxygen atoms in total. The van der Waals surface area contributed by atoms with E-state index in [0.29, 0.717) is 18.1 Å². The van der Waals surface area contributed by atoms with Crippen molar-refractivity contribution in [1.82, 2.24) is 19.9 Å². The Balaban J connectivity index is 1.86. The molecule has 0 unspecified atom stereocenters. The van der Waals surface area contributed by atoms with Crippen LogP contribution < -0.4 is 15.8 Å². The summed E-state index contributed by atoms with van der Waals surface area (Å²) in [6.45, 7) is 2.62. The smallest absolute Gasteiger partial charge is 0.288 e. The number of piperidine rings is 1. The Labute approximate surface area is 137 Å². The van der Waals surface area contributed by atoms with Crippen molar-refractivity contribution in [3.8, 4) is 0 Å². The normalized spacial score (nSPS) is 15.1. The molecule has 1 aliphatic heterocycles. The van der Waals surface area contributed by atoms with E-state index < -0.39 is 11.5 Å². The van der Waals surface area contributed by atoms with Crippen LogP contribution in [0.25, 0.3) is 4.96 Å². The predicted octanol–water partition coefficient (Wildman–Crippen LogP) is 0.517. The van der Waals surface area contributed by atoms with Crippen molar-refractivity contribution in [3.05, 3.63) is 22.1 Å². The molecule has 3 heterocycles. The molecule has 1 N–H and O–H groups in total. The van der Waals surface area contributed by atoms with Crippen LogP contribution in [0.5, 0.6) is 0 Å². The Morgan fingerprint density at radius 1 is 1.39 bits per heavy atom. The first-order chi connectivity index (χ1) is 11.2. The van der Waals surface area contributed by atoms with Crippen LogP contribution in [0.1, 0.15) is 29.6 Å². The number of amides is 1. The molecule has 23 heavy (non-hydrogen) atoms. The highest BCUT2D eigenvalue weighted by atomic mass is 32.1. The molecule has 9 heteroatoms. The number of hydrogen-bond acceptors (Lipinski definition) is 7. The maximum atomic E-state index is 12.5. The summed E-state index contributed by atoms with van der Waals surface area (Å²) in [5.74, 6) is -0.457. The van der Waals surface area contributed by atoms with Crippen molar-refractivity contribution in [2.45, 2.75) is 19.3 Å².